The smallest absolute Gasteiger partial charge is 0.395 e. The molecule has 1 saturated heterocycles. The normalized spacial score (nSPS) is 17.0. The summed E-state index contributed by atoms with van der Waals surface area (Å²) < 4.78 is 38.1. The SMILES string of the molecule is OCCC#Cc1ccc(CN[C@H]2CCCN(c3ccc(C(F)(F)F)cn3)C2)cc1. The molecule has 2 N–H and O–H groups in total. The van der Waals surface area contributed by atoms with Gasteiger partial charge < -0.3 is 15.3 Å². The van der Waals surface area contributed by atoms with Crippen molar-refractivity contribution in [2.24, 2.45) is 0 Å². The molecule has 7 heteroatoms. The molecule has 2 aromatic rings. The van der Waals surface area contributed by atoms with E-state index in [-0.39, 0.29) is 12.6 Å². The van der Waals surface area contributed by atoms with Crippen LogP contribution in [0.2, 0.25) is 0 Å². The number of benzene rings is 1. The predicted octanol–water partition coefficient (Wildman–Crippen LogP) is 3.59. The molecule has 1 atom stereocenters. The topological polar surface area (TPSA) is 48.4 Å². The van der Waals surface area contributed by atoms with Gasteiger partial charge in [0.15, 0.2) is 0 Å². The predicted molar refractivity (Wildman–Crippen MR) is 106 cm³/mol. The summed E-state index contributed by atoms with van der Waals surface area (Å²) in [7, 11) is 0. The third-order valence-corrected chi connectivity index (χ3v) is 4.84. The van der Waals surface area contributed by atoms with E-state index >= 15 is 0 Å². The van der Waals surface area contributed by atoms with Crippen molar-refractivity contribution in [3.05, 3.63) is 59.3 Å². The van der Waals surface area contributed by atoms with Crippen LogP contribution in [0.5, 0.6) is 0 Å². The second kappa shape index (κ2) is 9.77. The van der Waals surface area contributed by atoms with Gasteiger partial charge in [-0.2, -0.15) is 13.2 Å². The summed E-state index contributed by atoms with van der Waals surface area (Å²) in [5.74, 6) is 6.48. The number of halogens is 3. The largest absolute Gasteiger partial charge is 0.417 e. The van der Waals surface area contributed by atoms with Crippen molar-refractivity contribution >= 4 is 5.82 Å². The highest BCUT2D eigenvalue weighted by Crippen LogP contribution is 2.29. The van der Waals surface area contributed by atoms with E-state index in [1.165, 1.54) is 6.07 Å². The standard InChI is InChI=1S/C22H24F3N3O/c23-22(24,25)19-10-11-21(27-15-19)28-12-3-5-20(16-28)26-14-18-8-6-17(7-9-18)4-1-2-13-29/h6-11,15,20,26,29H,2-3,5,12-14,16H2/t20-/m0/s1. The van der Waals surface area contributed by atoms with E-state index in [1.54, 1.807) is 0 Å². The van der Waals surface area contributed by atoms with Gasteiger partial charge >= 0.3 is 6.18 Å². The van der Waals surface area contributed by atoms with Crippen LogP contribution in [0.25, 0.3) is 0 Å². The fourth-order valence-electron chi connectivity index (χ4n) is 3.28. The Bertz CT molecular complexity index is 839. The van der Waals surface area contributed by atoms with Gasteiger partial charge in [0, 0.05) is 43.9 Å². The number of nitrogens with one attached hydrogen (secondary N) is 1. The Morgan fingerprint density at radius 2 is 1.97 bits per heavy atom. The van der Waals surface area contributed by atoms with Gasteiger partial charge in [-0.3, -0.25) is 0 Å². The van der Waals surface area contributed by atoms with Crippen LogP contribution < -0.4 is 10.2 Å². The summed E-state index contributed by atoms with van der Waals surface area (Å²) in [5.41, 5.74) is 1.33. The van der Waals surface area contributed by atoms with Crippen LogP contribution in [0.3, 0.4) is 0 Å². The maximum absolute atomic E-state index is 12.7. The summed E-state index contributed by atoms with van der Waals surface area (Å²) in [5, 5.41) is 12.3. The number of aliphatic hydroxyl groups is 1. The van der Waals surface area contributed by atoms with E-state index in [0.29, 0.717) is 25.3 Å². The van der Waals surface area contributed by atoms with Gasteiger partial charge in [-0.15, -0.1) is 0 Å². The lowest BCUT2D eigenvalue weighted by Crippen LogP contribution is -2.45. The molecule has 2 heterocycles. The van der Waals surface area contributed by atoms with Gasteiger partial charge in [-0.05, 0) is 42.7 Å². The minimum absolute atomic E-state index is 0.0649. The zero-order chi connectivity index (χ0) is 20.7. The minimum Gasteiger partial charge on any atom is -0.395 e. The molecule has 1 fully saturated rings. The Hall–Kier alpha value is -2.56. The Labute approximate surface area is 168 Å². The number of pyridine rings is 1. The molecule has 0 bridgehead atoms. The zero-order valence-corrected chi connectivity index (χ0v) is 16.0. The van der Waals surface area contributed by atoms with Crippen molar-refractivity contribution in [1.29, 1.82) is 0 Å². The monoisotopic (exact) mass is 403 g/mol. The van der Waals surface area contributed by atoms with E-state index in [1.807, 2.05) is 29.2 Å². The van der Waals surface area contributed by atoms with E-state index in [4.69, 9.17) is 5.11 Å². The maximum Gasteiger partial charge on any atom is 0.417 e. The van der Waals surface area contributed by atoms with Gasteiger partial charge in [0.25, 0.3) is 0 Å². The third kappa shape index (κ3) is 6.21. The number of anilines is 1. The molecule has 0 aliphatic carbocycles. The maximum atomic E-state index is 12.7. The first-order chi connectivity index (χ1) is 14.0. The van der Waals surface area contributed by atoms with Crippen molar-refractivity contribution in [3.63, 3.8) is 0 Å². The van der Waals surface area contributed by atoms with Crippen molar-refractivity contribution in [2.45, 2.75) is 38.0 Å². The number of aliphatic hydroxyl groups excluding tert-OH is 1. The van der Waals surface area contributed by atoms with Crippen LogP contribution in [-0.4, -0.2) is 35.8 Å². The molecule has 154 valence electrons. The molecule has 3 rings (SSSR count). The van der Waals surface area contributed by atoms with Gasteiger partial charge in [0.2, 0.25) is 0 Å². The number of aromatic nitrogens is 1. The molecular formula is C22H24F3N3O. The first-order valence-electron chi connectivity index (χ1n) is 9.66. The molecule has 1 aliphatic heterocycles. The highest BCUT2D eigenvalue weighted by molar-refractivity contribution is 5.41. The van der Waals surface area contributed by atoms with Gasteiger partial charge in [-0.1, -0.05) is 24.0 Å². The Kier molecular flexibility index (Phi) is 7.13. The average Bonchev–Trinajstić information content (AvgIpc) is 2.73. The number of nitrogens with zero attached hydrogens (tertiary/aromatic N) is 2. The first kappa shape index (κ1) is 21.2. The lowest BCUT2D eigenvalue weighted by atomic mass is 10.0. The fraction of sp³-hybridized carbons (Fsp3) is 0.409. The first-order valence-corrected chi connectivity index (χ1v) is 9.66. The van der Waals surface area contributed by atoms with Gasteiger partial charge in [0.05, 0.1) is 12.2 Å². The van der Waals surface area contributed by atoms with Crippen molar-refractivity contribution < 1.29 is 18.3 Å². The molecular weight excluding hydrogens is 379 g/mol. The van der Waals surface area contributed by atoms with Crippen LogP contribution >= 0.6 is 0 Å². The van der Waals surface area contributed by atoms with Crippen LogP contribution in [0.15, 0.2) is 42.6 Å². The molecule has 0 radical (unpaired) electrons. The molecule has 1 aromatic carbocycles. The number of piperidine rings is 1. The lowest BCUT2D eigenvalue weighted by molar-refractivity contribution is -0.137. The number of hydrogen-bond donors (Lipinski definition) is 2. The Morgan fingerprint density at radius 1 is 1.17 bits per heavy atom. The summed E-state index contributed by atoms with van der Waals surface area (Å²) in [4.78, 5) is 6.04. The highest BCUT2D eigenvalue weighted by atomic mass is 19.4. The Morgan fingerprint density at radius 3 is 2.62 bits per heavy atom. The molecule has 0 spiro atoms. The average molecular weight is 403 g/mol. The zero-order valence-electron chi connectivity index (χ0n) is 16.0. The summed E-state index contributed by atoms with van der Waals surface area (Å²) in [6.07, 6.45) is -1.02. The quantitative estimate of drug-likeness (QED) is 0.749. The van der Waals surface area contributed by atoms with Crippen LogP contribution in [-0.2, 0) is 12.7 Å². The number of hydrogen-bond acceptors (Lipinski definition) is 4. The summed E-state index contributed by atoms with van der Waals surface area (Å²) in [6, 6.07) is 10.7. The van der Waals surface area contributed by atoms with Gasteiger partial charge in [0.1, 0.15) is 5.82 Å². The second-order valence-electron chi connectivity index (χ2n) is 7.04. The van der Waals surface area contributed by atoms with E-state index < -0.39 is 11.7 Å². The third-order valence-electron chi connectivity index (χ3n) is 4.84. The molecule has 1 aromatic heterocycles. The molecule has 1 aliphatic rings. The Balaban J connectivity index is 1.53. The van der Waals surface area contributed by atoms with E-state index in [2.05, 4.69) is 22.1 Å². The molecule has 0 unspecified atom stereocenters. The molecule has 4 nitrogen and oxygen atoms in total. The highest BCUT2D eigenvalue weighted by Gasteiger charge is 2.31. The van der Waals surface area contributed by atoms with Crippen LogP contribution in [0, 0.1) is 11.8 Å². The molecule has 0 amide bonds. The fourth-order valence-corrected chi connectivity index (χ4v) is 3.28. The summed E-state index contributed by atoms with van der Waals surface area (Å²) >= 11 is 0. The second-order valence-corrected chi connectivity index (χ2v) is 7.04. The minimum atomic E-state index is -4.36. The van der Waals surface area contributed by atoms with Crippen molar-refractivity contribution in [3.8, 4) is 11.8 Å². The van der Waals surface area contributed by atoms with Crippen molar-refractivity contribution in [1.82, 2.24) is 10.3 Å². The van der Waals surface area contributed by atoms with Gasteiger partial charge in [-0.25, -0.2) is 4.98 Å². The lowest BCUT2D eigenvalue weighted by Gasteiger charge is -2.34. The molecule has 29 heavy (non-hydrogen) atoms. The molecule has 0 saturated carbocycles. The van der Waals surface area contributed by atoms with E-state index in [0.717, 1.165) is 42.8 Å². The number of rotatable bonds is 5. The van der Waals surface area contributed by atoms with E-state index in [9.17, 15) is 13.2 Å². The summed E-state index contributed by atoms with van der Waals surface area (Å²) in [6.45, 7) is 2.28. The van der Waals surface area contributed by atoms with Crippen molar-refractivity contribution in [2.75, 3.05) is 24.6 Å². The number of alkyl halides is 3. The van der Waals surface area contributed by atoms with Crippen LogP contribution in [0.4, 0.5) is 19.0 Å². The van der Waals surface area contributed by atoms with Crippen LogP contribution in [0.1, 0.15) is 36.0 Å².